The van der Waals surface area contributed by atoms with E-state index in [0.717, 1.165) is 25.7 Å². The summed E-state index contributed by atoms with van der Waals surface area (Å²) in [4.78, 5) is 54.4. The second-order valence-electron chi connectivity index (χ2n) is 13.0. The average Bonchev–Trinajstić information content (AvgIpc) is 3.23. The number of nitrogens with one attached hydrogen (secondary N) is 3. The van der Waals surface area contributed by atoms with Gasteiger partial charge in [0.2, 0.25) is 11.8 Å². The Bertz CT molecular complexity index is 903. The fourth-order valence-electron chi connectivity index (χ4n) is 5.00. The molecule has 0 radical (unpaired) electrons. The van der Waals surface area contributed by atoms with Crippen LogP contribution < -0.4 is 16.0 Å². The fourth-order valence-corrected chi connectivity index (χ4v) is 5.00. The Morgan fingerprint density at radius 2 is 1.81 bits per heavy atom. The number of fused-ring (bicyclic) bond motifs is 2. The van der Waals surface area contributed by atoms with Crippen LogP contribution in [0.1, 0.15) is 92.9 Å². The van der Waals surface area contributed by atoms with Crippen LogP contribution in [-0.2, 0) is 19.1 Å². The van der Waals surface area contributed by atoms with Gasteiger partial charge in [0.05, 0.1) is 0 Å². The van der Waals surface area contributed by atoms with Crippen LogP contribution >= 0.6 is 0 Å². The van der Waals surface area contributed by atoms with E-state index in [-0.39, 0.29) is 29.1 Å². The molecule has 0 bridgehead atoms. The largest absolute Gasteiger partial charge is 0.436 e. The lowest BCUT2D eigenvalue weighted by Crippen LogP contribution is -2.57. The number of carbonyl (C=O) groups is 4. The van der Waals surface area contributed by atoms with Gasteiger partial charge in [-0.1, -0.05) is 39.3 Å². The third-order valence-corrected chi connectivity index (χ3v) is 7.09. The van der Waals surface area contributed by atoms with Crippen molar-refractivity contribution in [2.75, 3.05) is 13.1 Å². The molecular formula is C28H46N4O5. The normalized spacial score (nSPS) is 29.2. The van der Waals surface area contributed by atoms with Gasteiger partial charge in [-0.3, -0.25) is 14.4 Å². The molecule has 2 aliphatic heterocycles. The van der Waals surface area contributed by atoms with Gasteiger partial charge in [0, 0.05) is 24.5 Å². The van der Waals surface area contributed by atoms with Crippen molar-refractivity contribution < 1.29 is 23.9 Å². The van der Waals surface area contributed by atoms with Gasteiger partial charge in [-0.25, -0.2) is 4.79 Å². The Hall–Kier alpha value is -2.58. The average molecular weight is 519 g/mol. The lowest BCUT2D eigenvalue weighted by atomic mass is 9.96. The van der Waals surface area contributed by atoms with Gasteiger partial charge in [-0.05, 0) is 71.1 Å². The maximum absolute atomic E-state index is 13.6. The molecule has 2 fully saturated rings. The van der Waals surface area contributed by atoms with Gasteiger partial charge in [-0.15, -0.1) is 0 Å². The van der Waals surface area contributed by atoms with Gasteiger partial charge in [-0.2, -0.15) is 0 Å². The second kappa shape index (κ2) is 11.4. The van der Waals surface area contributed by atoms with E-state index in [0.29, 0.717) is 38.8 Å². The van der Waals surface area contributed by atoms with E-state index in [1.54, 1.807) is 0 Å². The maximum Gasteiger partial charge on any atom is 0.408 e. The number of hydrogen-bond acceptors (Lipinski definition) is 5. The van der Waals surface area contributed by atoms with Crippen LogP contribution in [0.25, 0.3) is 0 Å². The molecule has 0 aromatic heterocycles. The topological polar surface area (TPSA) is 117 Å². The Labute approximate surface area is 221 Å². The molecule has 0 spiro atoms. The zero-order valence-electron chi connectivity index (χ0n) is 23.4. The van der Waals surface area contributed by atoms with Crippen LogP contribution in [0.3, 0.4) is 0 Å². The van der Waals surface area contributed by atoms with Gasteiger partial charge in [0.15, 0.2) is 6.10 Å². The Kier molecular flexibility index (Phi) is 8.96. The van der Waals surface area contributed by atoms with E-state index >= 15 is 0 Å². The second-order valence-corrected chi connectivity index (χ2v) is 13.0. The highest BCUT2D eigenvalue weighted by atomic mass is 16.6. The molecular weight excluding hydrogens is 472 g/mol. The zero-order valence-corrected chi connectivity index (χ0v) is 23.4. The minimum absolute atomic E-state index is 0.0655. The van der Waals surface area contributed by atoms with Crippen LogP contribution in [0.2, 0.25) is 0 Å². The van der Waals surface area contributed by atoms with Crippen molar-refractivity contribution in [3.05, 3.63) is 12.2 Å². The highest BCUT2D eigenvalue weighted by Gasteiger charge is 2.60. The van der Waals surface area contributed by atoms with E-state index in [9.17, 15) is 19.2 Å². The number of alkyl carbamates (subject to hydrolysis) is 1. The van der Waals surface area contributed by atoms with Crippen molar-refractivity contribution in [2.24, 2.45) is 11.3 Å². The quantitative estimate of drug-likeness (QED) is 0.495. The van der Waals surface area contributed by atoms with E-state index in [2.05, 4.69) is 28.1 Å². The van der Waals surface area contributed by atoms with Crippen LogP contribution in [0, 0.1) is 11.3 Å². The first-order valence-electron chi connectivity index (χ1n) is 13.8. The Balaban J connectivity index is 1.80. The molecule has 1 saturated heterocycles. The highest BCUT2D eigenvalue weighted by molar-refractivity contribution is 5.98. The molecule has 3 N–H and O–H groups in total. The summed E-state index contributed by atoms with van der Waals surface area (Å²) in [5.41, 5.74) is -1.57. The Morgan fingerprint density at radius 1 is 1.08 bits per heavy atom. The number of amides is 4. The molecule has 1 aliphatic carbocycles. The van der Waals surface area contributed by atoms with Crippen molar-refractivity contribution in [2.45, 2.75) is 116 Å². The molecule has 0 aromatic rings. The summed E-state index contributed by atoms with van der Waals surface area (Å²) in [5.74, 6) is -0.899. The molecule has 37 heavy (non-hydrogen) atoms. The summed E-state index contributed by atoms with van der Waals surface area (Å²) in [5, 5.41) is 8.81. The van der Waals surface area contributed by atoms with Crippen LogP contribution in [-0.4, -0.2) is 65.0 Å². The number of rotatable bonds is 3. The van der Waals surface area contributed by atoms with Crippen molar-refractivity contribution in [1.29, 1.82) is 0 Å². The molecule has 9 heteroatoms. The predicted molar refractivity (Wildman–Crippen MR) is 142 cm³/mol. The Morgan fingerprint density at radius 3 is 2.49 bits per heavy atom. The van der Waals surface area contributed by atoms with Crippen molar-refractivity contribution in [3.8, 4) is 0 Å². The molecule has 0 unspecified atom stereocenters. The molecule has 9 nitrogen and oxygen atoms in total. The van der Waals surface area contributed by atoms with Crippen molar-refractivity contribution in [3.63, 3.8) is 0 Å². The summed E-state index contributed by atoms with van der Waals surface area (Å²) in [7, 11) is 0. The standard InChI is InChI=1S/C28H46N4O5/c1-26(2,3)18-29-24(35)28-17-19(28)13-10-8-7-9-11-15-21(37-25(36)31-27(4,5)6)23(34)32-16-12-14-20(32)22(33)30-28/h10,13,19-21H,7-9,11-12,14-18H2,1-6H3,(H,29,35)(H,30,33)(H,31,36)/t19-,20+,21+,28-/m1/s1. The smallest absolute Gasteiger partial charge is 0.408 e. The highest BCUT2D eigenvalue weighted by Crippen LogP contribution is 2.45. The summed E-state index contributed by atoms with van der Waals surface area (Å²) < 4.78 is 5.61. The number of ether oxygens (including phenoxy) is 1. The molecule has 208 valence electrons. The zero-order chi connectivity index (χ0) is 27.4. The minimum atomic E-state index is -0.987. The lowest BCUT2D eigenvalue weighted by Gasteiger charge is -2.30. The molecule has 2 heterocycles. The molecule has 1 saturated carbocycles. The first-order chi connectivity index (χ1) is 17.2. The number of carbonyl (C=O) groups excluding carboxylic acids is 4. The van der Waals surface area contributed by atoms with Gasteiger partial charge in [0.1, 0.15) is 11.6 Å². The number of allylic oxidation sites excluding steroid dienone is 1. The monoisotopic (exact) mass is 518 g/mol. The van der Waals surface area contributed by atoms with Gasteiger partial charge in [0.25, 0.3) is 5.91 Å². The third kappa shape index (κ3) is 7.95. The van der Waals surface area contributed by atoms with E-state index < -0.39 is 29.3 Å². The third-order valence-electron chi connectivity index (χ3n) is 7.09. The van der Waals surface area contributed by atoms with Crippen molar-refractivity contribution in [1.82, 2.24) is 20.9 Å². The molecule has 4 atom stereocenters. The predicted octanol–water partition coefficient (Wildman–Crippen LogP) is 3.43. The summed E-state index contributed by atoms with van der Waals surface area (Å²) >= 11 is 0. The maximum atomic E-state index is 13.6. The van der Waals surface area contributed by atoms with Crippen LogP contribution in [0.4, 0.5) is 4.79 Å². The number of nitrogens with zero attached hydrogens (tertiary/aromatic N) is 1. The molecule has 3 rings (SSSR count). The summed E-state index contributed by atoms with van der Waals surface area (Å²) in [6.45, 7) is 12.6. The number of hydrogen-bond donors (Lipinski definition) is 3. The summed E-state index contributed by atoms with van der Waals surface area (Å²) in [6.07, 6.45) is 8.11. The van der Waals surface area contributed by atoms with Crippen molar-refractivity contribution >= 4 is 23.8 Å². The van der Waals surface area contributed by atoms with E-state index in [1.807, 2.05) is 41.5 Å². The molecule has 0 aromatic carbocycles. The molecule has 3 aliphatic rings. The first-order valence-corrected chi connectivity index (χ1v) is 13.8. The van der Waals surface area contributed by atoms with Gasteiger partial charge < -0.3 is 25.6 Å². The lowest BCUT2D eigenvalue weighted by molar-refractivity contribution is -0.146. The summed E-state index contributed by atoms with van der Waals surface area (Å²) in [6, 6.07) is -0.688. The van der Waals surface area contributed by atoms with E-state index in [1.165, 1.54) is 4.90 Å². The fraction of sp³-hybridized carbons (Fsp3) is 0.786. The van der Waals surface area contributed by atoms with Gasteiger partial charge >= 0.3 is 6.09 Å². The SMILES string of the molecule is CC(C)(C)CNC(=O)[C@@]12C[C@H]1C=CCCCCC[C@H](OC(=O)NC(C)(C)C)C(=O)N1CCC[C@H]1C(=O)N2. The van der Waals surface area contributed by atoms with E-state index in [4.69, 9.17) is 4.74 Å². The van der Waals surface area contributed by atoms with Crippen LogP contribution in [0.15, 0.2) is 12.2 Å². The van der Waals surface area contributed by atoms with Crippen LogP contribution in [0.5, 0.6) is 0 Å². The minimum Gasteiger partial charge on any atom is -0.436 e. The first kappa shape index (κ1) is 29.0. The molecule has 4 amide bonds.